The monoisotopic (exact) mass is 511 g/mol. The normalized spacial score (nSPS) is 20.2. The molecule has 1 aromatic carbocycles. The maximum atomic E-state index is 14.4. The number of sulfonamides is 1. The summed E-state index contributed by atoms with van der Waals surface area (Å²) in [6.45, 7) is 2.05. The van der Waals surface area contributed by atoms with Crippen molar-refractivity contribution in [1.29, 1.82) is 0 Å². The maximum Gasteiger partial charge on any atom is 0.324 e. The van der Waals surface area contributed by atoms with Crippen LogP contribution >= 0.6 is 0 Å². The SMILES string of the molecule is O=C1CN(CCCCCS(=O)(=O)NC(c2ccc(F)c(OCC3CC3)c2)C2CCOCC2)C(=O)N1. The molecule has 2 saturated heterocycles. The summed E-state index contributed by atoms with van der Waals surface area (Å²) >= 11 is 0. The van der Waals surface area contributed by atoms with Crippen molar-refractivity contribution in [3.05, 3.63) is 29.6 Å². The third-order valence-electron chi connectivity index (χ3n) is 6.74. The van der Waals surface area contributed by atoms with Crippen LogP contribution in [0.25, 0.3) is 0 Å². The van der Waals surface area contributed by atoms with Crippen molar-refractivity contribution in [3.63, 3.8) is 0 Å². The van der Waals surface area contributed by atoms with Gasteiger partial charge in [0, 0.05) is 25.8 Å². The molecule has 0 spiro atoms. The number of nitrogens with one attached hydrogen (secondary N) is 2. The van der Waals surface area contributed by atoms with E-state index >= 15 is 0 Å². The average Bonchev–Trinajstić information content (AvgIpc) is 3.60. The average molecular weight is 512 g/mol. The molecule has 1 aromatic rings. The Morgan fingerprint density at radius 3 is 2.60 bits per heavy atom. The molecular weight excluding hydrogens is 477 g/mol. The minimum atomic E-state index is -3.61. The Morgan fingerprint density at radius 1 is 1.14 bits per heavy atom. The van der Waals surface area contributed by atoms with Crippen LogP contribution in [0.3, 0.4) is 0 Å². The van der Waals surface area contributed by atoms with Gasteiger partial charge in [0.25, 0.3) is 0 Å². The predicted molar refractivity (Wildman–Crippen MR) is 127 cm³/mol. The lowest BCUT2D eigenvalue weighted by Crippen LogP contribution is -2.37. The summed E-state index contributed by atoms with van der Waals surface area (Å²) in [4.78, 5) is 24.3. The van der Waals surface area contributed by atoms with E-state index < -0.39 is 27.9 Å². The van der Waals surface area contributed by atoms with Crippen LogP contribution in [0.15, 0.2) is 18.2 Å². The number of ether oxygens (including phenoxy) is 2. The van der Waals surface area contributed by atoms with Gasteiger partial charge >= 0.3 is 6.03 Å². The fraction of sp³-hybridized carbons (Fsp3) is 0.667. The predicted octanol–water partition coefficient (Wildman–Crippen LogP) is 2.72. The molecule has 2 N–H and O–H groups in total. The highest BCUT2D eigenvalue weighted by molar-refractivity contribution is 7.89. The number of unbranched alkanes of at least 4 members (excludes halogenated alkanes) is 2. The molecule has 2 heterocycles. The second-order valence-corrected chi connectivity index (χ2v) is 11.5. The maximum absolute atomic E-state index is 14.4. The van der Waals surface area contributed by atoms with E-state index in [1.54, 1.807) is 12.1 Å². The van der Waals surface area contributed by atoms with Crippen LogP contribution < -0.4 is 14.8 Å². The van der Waals surface area contributed by atoms with E-state index in [2.05, 4.69) is 10.0 Å². The van der Waals surface area contributed by atoms with Crippen molar-refractivity contribution >= 4 is 22.0 Å². The molecule has 3 aliphatic rings. The van der Waals surface area contributed by atoms with Crippen LogP contribution in [-0.4, -0.2) is 63.9 Å². The second kappa shape index (κ2) is 11.7. The van der Waals surface area contributed by atoms with Crippen LogP contribution in [-0.2, 0) is 19.6 Å². The zero-order chi connectivity index (χ0) is 24.8. The van der Waals surface area contributed by atoms with Gasteiger partial charge in [-0.25, -0.2) is 22.3 Å². The fourth-order valence-electron chi connectivity index (χ4n) is 4.49. The number of halogens is 1. The van der Waals surface area contributed by atoms with Crippen LogP contribution in [0.4, 0.5) is 9.18 Å². The van der Waals surface area contributed by atoms with Gasteiger partial charge in [0.05, 0.1) is 12.4 Å². The Bertz CT molecular complexity index is 1010. The van der Waals surface area contributed by atoms with Gasteiger partial charge in [-0.1, -0.05) is 12.5 Å². The summed E-state index contributed by atoms with van der Waals surface area (Å²) in [6, 6.07) is 3.71. The molecule has 0 radical (unpaired) electrons. The molecule has 0 aromatic heterocycles. The number of amides is 3. The Labute approximate surface area is 205 Å². The number of nitrogens with zero attached hydrogens (tertiary/aromatic N) is 1. The van der Waals surface area contributed by atoms with Crippen LogP contribution in [0.5, 0.6) is 5.75 Å². The molecule has 4 rings (SSSR count). The second-order valence-electron chi connectivity index (χ2n) is 9.64. The smallest absolute Gasteiger partial charge is 0.324 e. The molecule has 1 aliphatic carbocycles. The first-order valence-corrected chi connectivity index (χ1v) is 14.0. The summed E-state index contributed by atoms with van der Waals surface area (Å²) < 4.78 is 54.3. The molecule has 194 valence electrons. The fourth-order valence-corrected chi connectivity index (χ4v) is 5.91. The zero-order valence-electron chi connectivity index (χ0n) is 19.8. The summed E-state index contributed by atoms with van der Waals surface area (Å²) in [7, 11) is -3.61. The van der Waals surface area contributed by atoms with Crippen molar-refractivity contribution in [2.75, 3.05) is 38.7 Å². The molecule has 11 heteroatoms. The van der Waals surface area contributed by atoms with E-state index in [0.717, 1.165) is 12.8 Å². The van der Waals surface area contributed by atoms with Crippen molar-refractivity contribution in [2.24, 2.45) is 11.8 Å². The third-order valence-corrected chi connectivity index (χ3v) is 8.18. The molecular formula is C24H34FN3O6S. The van der Waals surface area contributed by atoms with E-state index in [9.17, 15) is 22.4 Å². The lowest BCUT2D eigenvalue weighted by atomic mass is 9.87. The lowest BCUT2D eigenvalue weighted by Gasteiger charge is -2.31. The number of carbonyl (C=O) groups excluding carboxylic acids is 2. The van der Waals surface area contributed by atoms with Gasteiger partial charge in [-0.05, 0) is 68.1 Å². The number of carbonyl (C=O) groups is 2. The molecule has 3 amide bonds. The van der Waals surface area contributed by atoms with Crippen LogP contribution in [0.2, 0.25) is 0 Å². The number of urea groups is 1. The van der Waals surface area contributed by atoms with E-state index in [1.165, 1.54) is 11.0 Å². The van der Waals surface area contributed by atoms with Gasteiger partial charge in [-0.2, -0.15) is 0 Å². The highest BCUT2D eigenvalue weighted by Crippen LogP contribution is 2.35. The standard InChI is InChI=1S/C24H34FN3O6S/c25-20-7-6-19(14-21(20)34-16-17-4-5-17)23(18-8-11-33-12-9-18)27-35(31,32)13-3-1-2-10-28-15-22(29)26-24(28)30/h6-7,14,17-18,23,27H,1-5,8-13,15-16H2,(H,26,29,30). The summed E-state index contributed by atoms with van der Waals surface area (Å²) in [5.74, 6) is -0.145. The largest absolute Gasteiger partial charge is 0.490 e. The molecule has 1 saturated carbocycles. The zero-order valence-corrected chi connectivity index (χ0v) is 20.7. The first kappa shape index (κ1) is 25.8. The Hall–Kier alpha value is -2.24. The Morgan fingerprint density at radius 2 is 1.91 bits per heavy atom. The van der Waals surface area contributed by atoms with Crippen molar-refractivity contribution < 1.29 is 31.9 Å². The number of hydrogen-bond acceptors (Lipinski definition) is 6. The van der Waals surface area contributed by atoms with Gasteiger partial charge in [0.15, 0.2) is 11.6 Å². The molecule has 2 aliphatic heterocycles. The van der Waals surface area contributed by atoms with Gasteiger partial charge in [0.1, 0.15) is 6.54 Å². The highest BCUT2D eigenvalue weighted by atomic mass is 32.2. The first-order valence-electron chi connectivity index (χ1n) is 12.4. The molecule has 0 bridgehead atoms. The summed E-state index contributed by atoms with van der Waals surface area (Å²) in [6.07, 6.45) is 5.25. The molecule has 9 nitrogen and oxygen atoms in total. The molecule has 3 fully saturated rings. The first-order chi connectivity index (χ1) is 16.8. The number of imide groups is 1. The van der Waals surface area contributed by atoms with E-state index in [0.29, 0.717) is 70.0 Å². The van der Waals surface area contributed by atoms with Crippen molar-refractivity contribution in [3.8, 4) is 5.75 Å². The highest BCUT2D eigenvalue weighted by Gasteiger charge is 2.30. The third kappa shape index (κ3) is 7.62. The number of benzene rings is 1. The number of hydrogen-bond donors (Lipinski definition) is 2. The summed E-state index contributed by atoms with van der Waals surface area (Å²) in [5, 5.41) is 2.22. The van der Waals surface area contributed by atoms with Gasteiger partial charge < -0.3 is 14.4 Å². The number of rotatable bonds is 13. The van der Waals surface area contributed by atoms with Gasteiger partial charge in [-0.3, -0.25) is 10.1 Å². The minimum Gasteiger partial charge on any atom is -0.490 e. The lowest BCUT2D eigenvalue weighted by molar-refractivity contribution is -0.118. The van der Waals surface area contributed by atoms with Crippen LogP contribution in [0, 0.1) is 17.7 Å². The van der Waals surface area contributed by atoms with Gasteiger partial charge in [-0.15, -0.1) is 0 Å². The van der Waals surface area contributed by atoms with Crippen molar-refractivity contribution in [2.45, 2.75) is 51.0 Å². The topological polar surface area (TPSA) is 114 Å². The molecule has 35 heavy (non-hydrogen) atoms. The van der Waals surface area contributed by atoms with Gasteiger partial charge in [0.2, 0.25) is 15.9 Å². The molecule has 1 unspecified atom stereocenters. The quantitative estimate of drug-likeness (QED) is 0.311. The van der Waals surface area contributed by atoms with E-state index in [4.69, 9.17) is 9.47 Å². The van der Waals surface area contributed by atoms with E-state index in [1.807, 2.05) is 0 Å². The Kier molecular flexibility index (Phi) is 8.61. The van der Waals surface area contributed by atoms with E-state index in [-0.39, 0.29) is 29.9 Å². The van der Waals surface area contributed by atoms with Crippen molar-refractivity contribution in [1.82, 2.24) is 14.9 Å². The minimum absolute atomic E-state index is 0.0338. The van der Waals surface area contributed by atoms with Crippen LogP contribution in [0.1, 0.15) is 56.6 Å². The molecule has 1 atom stereocenters. The summed E-state index contributed by atoms with van der Waals surface area (Å²) in [5.41, 5.74) is 0.692. The Balaban J connectivity index is 1.35.